The second-order valence-electron chi connectivity index (χ2n) is 5.84. The molecule has 1 N–H and O–H groups in total. The maximum atomic E-state index is 12.1. The first-order chi connectivity index (χ1) is 11.0. The predicted octanol–water partition coefficient (Wildman–Crippen LogP) is 4.47. The summed E-state index contributed by atoms with van der Waals surface area (Å²) < 4.78 is 0. The summed E-state index contributed by atoms with van der Waals surface area (Å²) in [5.74, 6) is -0.124. The molecule has 3 heteroatoms. The molecular formula is C20H23NO2. The Morgan fingerprint density at radius 1 is 0.957 bits per heavy atom. The molecule has 0 radical (unpaired) electrons. The van der Waals surface area contributed by atoms with Crippen molar-refractivity contribution in [3.05, 3.63) is 64.7 Å². The highest BCUT2D eigenvalue weighted by Crippen LogP contribution is 2.17. The van der Waals surface area contributed by atoms with E-state index in [1.807, 2.05) is 56.3 Å². The quantitative estimate of drug-likeness (QED) is 0.800. The summed E-state index contributed by atoms with van der Waals surface area (Å²) in [7, 11) is 0. The summed E-state index contributed by atoms with van der Waals surface area (Å²) in [6.45, 7) is 6.02. The normalized spacial score (nSPS) is 10.4. The van der Waals surface area contributed by atoms with Crippen molar-refractivity contribution in [2.24, 2.45) is 0 Å². The highest BCUT2D eigenvalue weighted by atomic mass is 16.2. The number of rotatable bonds is 6. The van der Waals surface area contributed by atoms with Crippen LogP contribution in [0.3, 0.4) is 0 Å². The Hall–Kier alpha value is -2.42. The van der Waals surface area contributed by atoms with Gasteiger partial charge >= 0.3 is 0 Å². The van der Waals surface area contributed by atoms with E-state index < -0.39 is 0 Å². The van der Waals surface area contributed by atoms with E-state index in [0.717, 1.165) is 23.2 Å². The number of hydrogen-bond donors (Lipinski definition) is 1. The van der Waals surface area contributed by atoms with Gasteiger partial charge in [0.2, 0.25) is 5.91 Å². The van der Waals surface area contributed by atoms with E-state index in [0.29, 0.717) is 5.56 Å². The summed E-state index contributed by atoms with van der Waals surface area (Å²) in [6, 6.07) is 13.5. The lowest BCUT2D eigenvalue weighted by molar-refractivity contribution is -0.116. The van der Waals surface area contributed by atoms with E-state index in [-0.39, 0.29) is 24.5 Å². The van der Waals surface area contributed by atoms with Crippen LogP contribution in [0, 0.1) is 13.8 Å². The number of anilines is 1. The summed E-state index contributed by atoms with van der Waals surface area (Å²) in [6.07, 6.45) is 1.37. The lowest BCUT2D eigenvalue weighted by atomic mass is 10.0. The highest BCUT2D eigenvalue weighted by molar-refractivity contribution is 6.00. The Bertz CT molecular complexity index is 702. The molecule has 2 aromatic carbocycles. The third-order valence-electron chi connectivity index (χ3n) is 3.93. The number of aryl methyl sites for hydroxylation is 3. The second-order valence-corrected chi connectivity index (χ2v) is 5.84. The lowest BCUT2D eigenvalue weighted by Crippen LogP contribution is -2.14. The molecule has 0 saturated carbocycles. The highest BCUT2D eigenvalue weighted by Gasteiger charge is 2.10. The molecule has 1 amide bonds. The molecule has 0 spiro atoms. The Labute approximate surface area is 137 Å². The second kappa shape index (κ2) is 7.73. The van der Waals surface area contributed by atoms with Crippen LogP contribution in [-0.2, 0) is 11.2 Å². The SMILES string of the molecule is CCc1ccc(C(=O)CCC(=O)Nc2cc(C)ccc2C)cc1. The first-order valence-corrected chi connectivity index (χ1v) is 7.99. The average molecular weight is 309 g/mol. The number of Topliss-reactive ketones (excluding diaryl/α,β-unsaturated/α-hetero) is 1. The van der Waals surface area contributed by atoms with Gasteiger partial charge in [0, 0.05) is 24.1 Å². The van der Waals surface area contributed by atoms with Crippen molar-refractivity contribution in [1.82, 2.24) is 0 Å². The Morgan fingerprint density at radius 2 is 1.65 bits per heavy atom. The fraction of sp³-hybridized carbons (Fsp3) is 0.300. The fourth-order valence-electron chi connectivity index (χ4n) is 2.38. The first kappa shape index (κ1) is 16.9. The van der Waals surface area contributed by atoms with Gasteiger partial charge in [-0.05, 0) is 43.0 Å². The molecule has 2 aromatic rings. The molecule has 0 saturated heterocycles. The largest absolute Gasteiger partial charge is 0.326 e. The van der Waals surface area contributed by atoms with Crippen molar-refractivity contribution in [3.63, 3.8) is 0 Å². The van der Waals surface area contributed by atoms with Crippen molar-refractivity contribution in [1.29, 1.82) is 0 Å². The fourth-order valence-corrected chi connectivity index (χ4v) is 2.38. The van der Waals surface area contributed by atoms with Gasteiger partial charge in [-0.15, -0.1) is 0 Å². The van der Waals surface area contributed by atoms with Gasteiger partial charge < -0.3 is 5.32 Å². The van der Waals surface area contributed by atoms with Gasteiger partial charge in [-0.25, -0.2) is 0 Å². The van der Waals surface area contributed by atoms with Gasteiger partial charge in [0.25, 0.3) is 0 Å². The van der Waals surface area contributed by atoms with Gasteiger partial charge in [0.1, 0.15) is 0 Å². The molecule has 120 valence electrons. The van der Waals surface area contributed by atoms with Crippen LogP contribution in [0.5, 0.6) is 0 Å². The number of ketones is 1. The molecular weight excluding hydrogens is 286 g/mol. The van der Waals surface area contributed by atoms with E-state index in [4.69, 9.17) is 0 Å². The number of carbonyl (C=O) groups is 2. The molecule has 3 nitrogen and oxygen atoms in total. The van der Waals surface area contributed by atoms with Crippen LogP contribution in [0.1, 0.15) is 46.8 Å². The minimum atomic E-state index is -0.128. The summed E-state index contributed by atoms with van der Waals surface area (Å²) in [4.78, 5) is 24.2. The summed E-state index contributed by atoms with van der Waals surface area (Å²) in [5, 5.41) is 2.88. The molecule has 0 aromatic heterocycles. The molecule has 2 rings (SSSR count). The Balaban J connectivity index is 1.90. The van der Waals surface area contributed by atoms with E-state index in [2.05, 4.69) is 12.2 Å². The van der Waals surface area contributed by atoms with E-state index in [1.165, 1.54) is 5.56 Å². The van der Waals surface area contributed by atoms with Gasteiger partial charge in [-0.3, -0.25) is 9.59 Å². The molecule has 23 heavy (non-hydrogen) atoms. The Morgan fingerprint density at radius 3 is 2.30 bits per heavy atom. The predicted molar refractivity (Wildman–Crippen MR) is 93.9 cm³/mol. The topological polar surface area (TPSA) is 46.2 Å². The smallest absolute Gasteiger partial charge is 0.224 e. The third kappa shape index (κ3) is 4.78. The van der Waals surface area contributed by atoms with Crippen molar-refractivity contribution < 1.29 is 9.59 Å². The zero-order valence-corrected chi connectivity index (χ0v) is 14.0. The molecule has 0 fully saturated rings. The van der Waals surface area contributed by atoms with Crippen molar-refractivity contribution in [2.75, 3.05) is 5.32 Å². The number of hydrogen-bond acceptors (Lipinski definition) is 2. The van der Waals surface area contributed by atoms with Gasteiger partial charge in [0.05, 0.1) is 0 Å². The van der Waals surface area contributed by atoms with Gasteiger partial charge in [-0.1, -0.05) is 43.3 Å². The monoisotopic (exact) mass is 309 g/mol. The van der Waals surface area contributed by atoms with E-state index in [1.54, 1.807) is 0 Å². The van der Waals surface area contributed by atoms with Gasteiger partial charge in [-0.2, -0.15) is 0 Å². The molecule has 0 heterocycles. The molecule has 0 unspecified atom stereocenters. The maximum Gasteiger partial charge on any atom is 0.224 e. The van der Waals surface area contributed by atoms with Crippen molar-refractivity contribution in [2.45, 2.75) is 40.0 Å². The molecule has 0 atom stereocenters. The van der Waals surface area contributed by atoms with Crippen molar-refractivity contribution >= 4 is 17.4 Å². The van der Waals surface area contributed by atoms with Crippen LogP contribution in [-0.4, -0.2) is 11.7 Å². The van der Waals surface area contributed by atoms with Gasteiger partial charge in [0.15, 0.2) is 5.78 Å². The maximum absolute atomic E-state index is 12.1. The standard InChI is InChI=1S/C20H23NO2/c1-4-16-7-9-17(10-8-16)19(22)11-12-20(23)21-18-13-14(2)5-6-15(18)3/h5-10,13H,4,11-12H2,1-3H3,(H,21,23). The summed E-state index contributed by atoms with van der Waals surface area (Å²) in [5.41, 5.74) is 4.80. The number of benzene rings is 2. The van der Waals surface area contributed by atoms with Crippen LogP contribution in [0.2, 0.25) is 0 Å². The van der Waals surface area contributed by atoms with Crippen LogP contribution in [0.15, 0.2) is 42.5 Å². The van der Waals surface area contributed by atoms with Crippen LogP contribution < -0.4 is 5.32 Å². The van der Waals surface area contributed by atoms with Crippen LogP contribution in [0.25, 0.3) is 0 Å². The zero-order chi connectivity index (χ0) is 16.8. The minimum Gasteiger partial charge on any atom is -0.326 e. The van der Waals surface area contributed by atoms with Crippen LogP contribution >= 0.6 is 0 Å². The molecule has 0 bridgehead atoms. The molecule has 0 aliphatic heterocycles. The average Bonchev–Trinajstić information content (AvgIpc) is 2.56. The number of nitrogens with one attached hydrogen (secondary N) is 1. The summed E-state index contributed by atoms with van der Waals surface area (Å²) >= 11 is 0. The molecule has 0 aliphatic carbocycles. The molecule has 0 aliphatic rings. The Kier molecular flexibility index (Phi) is 5.69. The third-order valence-corrected chi connectivity index (χ3v) is 3.93. The van der Waals surface area contributed by atoms with Crippen LogP contribution in [0.4, 0.5) is 5.69 Å². The lowest BCUT2D eigenvalue weighted by Gasteiger charge is -2.09. The first-order valence-electron chi connectivity index (χ1n) is 7.99. The minimum absolute atomic E-state index is 0.00349. The van der Waals surface area contributed by atoms with Crippen molar-refractivity contribution in [3.8, 4) is 0 Å². The van der Waals surface area contributed by atoms with E-state index >= 15 is 0 Å². The van der Waals surface area contributed by atoms with E-state index in [9.17, 15) is 9.59 Å². The zero-order valence-electron chi connectivity index (χ0n) is 14.0. The number of carbonyl (C=O) groups excluding carboxylic acids is 2. The number of amides is 1.